The molecule has 22 heavy (non-hydrogen) atoms. The number of hydrazone groups is 1. The average Bonchev–Trinajstić information content (AvgIpc) is 3.13. The number of hydrogen-bond donors (Lipinski definition) is 1. The van der Waals surface area contributed by atoms with E-state index in [9.17, 15) is 4.79 Å². The molecule has 1 aromatic rings. The van der Waals surface area contributed by atoms with Gasteiger partial charge in [-0.2, -0.15) is 5.10 Å². The molecule has 2 aliphatic carbocycles. The minimum atomic E-state index is 0.0678. The lowest BCUT2D eigenvalue weighted by Crippen LogP contribution is -2.22. The highest BCUT2D eigenvalue weighted by Gasteiger charge is 2.64. The molecule has 1 amide bonds. The number of amides is 1. The molecule has 0 radical (unpaired) electrons. The van der Waals surface area contributed by atoms with Crippen molar-refractivity contribution in [2.45, 2.75) is 32.6 Å². The Balaban J connectivity index is 1.58. The van der Waals surface area contributed by atoms with Gasteiger partial charge in [0.15, 0.2) is 0 Å². The van der Waals surface area contributed by atoms with Gasteiger partial charge in [0.25, 0.3) is 0 Å². The van der Waals surface area contributed by atoms with Crippen LogP contribution in [0, 0.1) is 17.3 Å². The zero-order valence-electron chi connectivity index (χ0n) is 12.9. The van der Waals surface area contributed by atoms with Crippen LogP contribution < -0.4 is 10.2 Å². The smallest absolute Gasteiger partial charge is 0.244 e. The molecule has 0 saturated heterocycles. The molecule has 1 N–H and O–H groups in total. The summed E-state index contributed by atoms with van der Waals surface area (Å²) in [6.07, 6.45) is 6.53. The molecule has 1 aromatic carbocycles. The van der Waals surface area contributed by atoms with Crippen LogP contribution in [0.15, 0.2) is 27.8 Å². The van der Waals surface area contributed by atoms with E-state index in [2.05, 4.69) is 33.4 Å². The highest BCUT2D eigenvalue weighted by atomic mass is 79.9. The van der Waals surface area contributed by atoms with E-state index in [1.807, 2.05) is 18.2 Å². The molecule has 118 valence electrons. The number of methoxy groups -OCH3 is 1. The molecule has 0 aromatic heterocycles. The van der Waals surface area contributed by atoms with Crippen molar-refractivity contribution >= 4 is 28.1 Å². The van der Waals surface area contributed by atoms with E-state index in [0.29, 0.717) is 5.92 Å². The van der Waals surface area contributed by atoms with Crippen LogP contribution in [0.2, 0.25) is 0 Å². The zero-order chi connectivity index (χ0) is 15.7. The fourth-order valence-corrected chi connectivity index (χ4v) is 4.41. The van der Waals surface area contributed by atoms with Gasteiger partial charge in [0.05, 0.1) is 17.8 Å². The van der Waals surface area contributed by atoms with Crippen LogP contribution in [0.5, 0.6) is 5.75 Å². The number of ether oxygens (including phenoxy) is 1. The maximum atomic E-state index is 12.3. The fourth-order valence-electron chi connectivity index (χ4n) is 3.85. The lowest BCUT2D eigenvalue weighted by atomic mass is 9.90. The predicted octanol–water partition coefficient (Wildman–Crippen LogP) is 3.73. The van der Waals surface area contributed by atoms with Gasteiger partial charge in [-0.3, -0.25) is 4.79 Å². The second-order valence-corrected chi connectivity index (χ2v) is 7.32. The number of fused-ring (bicyclic) bond motifs is 1. The molecular formula is C17H21BrN2O2. The van der Waals surface area contributed by atoms with Gasteiger partial charge in [-0.15, -0.1) is 0 Å². The quantitative estimate of drug-likeness (QED) is 0.653. The topological polar surface area (TPSA) is 50.7 Å². The maximum absolute atomic E-state index is 12.3. The monoisotopic (exact) mass is 364 g/mol. The van der Waals surface area contributed by atoms with E-state index < -0.39 is 0 Å². The van der Waals surface area contributed by atoms with Crippen LogP contribution >= 0.6 is 15.9 Å². The number of carbonyl (C=O) groups excluding carboxylic acids is 1. The van der Waals surface area contributed by atoms with Crippen molar-refractivity contribution in [3.8, 4) is 5.75 Å². The SMILES string of the molecule is COc1ccc(C=NNC(=O)C2C3CCCCC32C)cc1Br. The summed E-state index contributed by atoms with van der Waals surface area (Å²) in [5, 5.41) is 4.10. The van der Waals surface area contributed by atoms with Crippen molar-refractivity contribution in [3.05, 3.63) is 28.2 Å². The van der Waals surface area contributed by atoms with Crippen molar-refractivity contribution in [3.63, 3.8) is 0 Å². The largest absolute Gasteiger partial charge is 0.496 e. The summed E-state index contributed by atoms with van der Waals surface area (Å²) in [7, 11) is 1.63. The number of carbonyl (C=O) groups is 1. The standard InChI is InChI=1S/C17H21BrN2O2/c1-17-8-4-3-5-12(17)15(17)16(21)20-19-10-11-6-7-14(22-2)13(18)9-11/h6-7,9-10,12,15H,3-5,8H2,1-2H3,(H,20,21). The molecule has 3 unspecified atom stereocenters. The van der Waals surface area contributed by atoms with Gasteiger partial charge >= 0.3 is 0 Å². The third-order valence-corrected chi connectivity index (χ3v) is 5.80. The predicted molar refractivity (Wildman–Crippen MR) is 90.0 cm³/mol. The van der Waals surface area contributed by atoms with Crippen molar-refractivity contribution in [1.29, 1.82) is 0 Å². The summed E-state index contributed by atoms with van der Waals surface area (Å²) in [6, 6.07) is 5.67. The first-order chi connectivity index (χ1) is 10.6. The van der Waals surface area contributed by atoms with Crippen LogP contribution in [0.4, 0.5) is 0 Å². The van der Waals surface area contributed by atoms with E-state index >= 15 is 0 Å². The Bertz CT molecular complexity index is 617. The highest BCUT2D eigenvalue weighted by molar-refractivity contribution is 9.10. The number of benzene rings is 1. The van der Waals surface area contributed by atoms with Crippen LogP contribution in [-0.2, 0) is 4.79 Å². The minimum absolute atomic E-state index is 0.0678. The van der Waals surface area contributed by atoms with Crippen LogP contribution in [0.3, 0.4) is 0 Å². The number of hydrogen-bond acceptors (Lipinski definition) is 3. The zero-order valence-corrected chi connectivity index (χ0v) is 14.5. The molecule has 0 spiro atoms. The van der Waals surface area contributed by atoms with E-state index in [4.69, 9.17) is 4.74 Å². The summed E-state index contributed by atoms with van der Waals surface area (Å²) >= 11 is 3.44. The molecule has 3 atom stereocenters. The van der Waals surface area contributed by atoms with Crippen LogP contribution in [0.1, 0.15) is 38.2 Å². The highest BCUT2D eigenvalue weighted by Crippen LogP contribution is 2.66. The van der Waals surface area contributed by atoms with E-state index in [1.165, 1.54) is 25.7 Å². The normalized spacial score (nSPS) is 30.0. The van der Waals surface area contributed by atoms with Gasteiger partial charge < -0.3 is 4.74 Å². The van der Waals surface area contributed by atoms with E-state index in [0.717, 1.165) is 15.8 Å². The molecule has 4 nitrogen and oxygen atoms in total. The van der Waals surface area contributed by atoms with Crippen LogP contribution in [-0.4, -0.2) is 19.2 Å². The van der Waals surface area contributed by atoms with E-state index in [1.54, 1.807) is 13.3 Å². The number of rotatable bonds is 4. The van der Waals surface area contributed by atoms with E-state index in [-0.39, 0.29) is 17.2 Å². The number of halogens is 1. The lowest BCUT2D eigenvalue weighted by Gasteiger charge is -2.15. The van der Waals surface area contributed by atoms with Crippen molar-refractivity contribution in [1.82, 2.24) is 5.43 Å². The third kappa shape index (κ3) is 2.78. The van der Waals surface area contributed by atoms with Gasteiger partial charge in [-0.05, 0) is 63.9 Å². The summed E-state index contributed by atoms with van der Waals surface area (Å²) in [6.45, 7) is 2.24. The Hall–Kier alpha value is -1.36. The van der Waals surface area contributed by atoms with Crippen molar-refractivity contribution < 1.29 is 9.53 Å². The first-order valence-electron chi connectivity index (χ1n) is 7.73. The van der Waals surface area contributed by atoms with Crippen molar-refractivity contribution in [2.75, 3.05) is 7.11 Å². The van der Waals surface area contributed by atoms with Gasteiger partial charge in [0.1, 0.15) is 5.75 Å². The minimum Gasteiger partial charge on any atom is -0.496 e. The average molecular weight is 365 g/mol. The second kappa shape index (κ2) is 6.03. The first-order valence-corrected chi connectivity index (χ1v) is 8.52. The second-order valence-electron chi connectivity index (χ2n) is 6.46. The van der Waals surface area contributed by atoms with Gasteiger partial charge in [0.2, 0.25) is 5.91 Å². The lowest BCUT2D eigenvalue weighted by molar-refractivity contribution is -0.123. The van der Waals surface area contributed by atoms with Crippen molar-refractivity contribution in [2.24, 2.45) is 22.4 Å². The fraction of sp³-hybridized carbons (Fsp3) is 0.529. The molecule has 0 heterocycles. The molecule has 0 aliphatic heterocycles. The summed E-state index contributed by atoms with van der Waals surface area (Å²) in [4.78, 5) is 12.3. The molecule has 2 fully saturated rings. The Labute approximate surface area is 139 Å². The summed E-state index contributed by atoms with van der Waals surface area (Å²) in [5.41, 5.74) is 3.84. The Morgan fingerprint density at radius 1 is 1.50 bits per heavy atom. The Kier molecular flexibility index (Phi) is 4.26. The Morgan fingerprint density at radius 2 is 2.32 bits per heavy atom. The van der Waals surface area contributed by atoms with Gasteiger partial charge in [0, 0.05) is 5.92 Å². The van der Waals surface area contributed by atoms with Gasteiger partial charge in [-0.25, -0.2) is 5.43 Å². The third-order valence-electron chi connectivity index (χ3n) is 5.18. The first kappa shape index (κ1) is 15.5. The summed E-state index contributed by atoms with van der Waals surface area (Å²) < 4.78 is 6.05. The summed E-state index contributed by atoms with van der Waals surface area (Å²) in [5.74, 6) is 1.55. The van der Waals surface area contributed by atoms with Crippen LogP contribution in [0.25, 0.3) is 0 Å². The Morgan fingerprint density at radius 3 is 2.95 bits per heavy atom. The molecule has 2 aliphatic rings. The molecular weight excluding hydrogens is 344 g/mol. The maximum Gasteiger partial charge on any atom is 0.244 e. The molecule has 2 saturated carbocycles. The number of nitrogens with one attached hydrogen (secondary N) is 1. The number of nitrogens with zero attached hydrogens (tertiary/aromatic N) is 1. The molecule has 3 rings (SSSR count). The van der Waals surface area contributed by atoms with Gasteiger partial charge in [-0.1, -0.05) is 19.8 Å². The molecule has 5 heteroatoms. The molecule has 0 bridgehead atoms.